The number of carboxylic acids is 1. The molecule has 1 amide bonds. The van der Waals surface area contributed by atoms with E-state index in [0.29, 0.717) is 6.42 Å². The van der Waals surface area contributed by atoms with Gasteiger partial charge in [0.2, 0.25) is 5.91 Å². The van der Waals surface area contributed by atoms with Gasteiger partial charge in [-0.3, -0.25) is 14.5 Å². The van der Waals surface area contributed by atoms with Crippen LogP contribution in [0.5, 0.6) is 0 Å². The molecule has 5 heteroatoms. The van der Waals surface area contributed by atoms with E-state index in [1.807, 2.05) is 4.90 Å². The molecule has 0 radical (unpaired) electrons. The molecule has 0 aromatic rings. The number of rotatable bonds is 3. The maximum atomic E-state index is 12.0. The van der Waals surface area contributed by atoms with Gasteiger partial charge in [0.15, 0.2) is 0 Å². The Morgan fingerprint density at radius 1 is 1.00 bits per heavy atom. The van der Waals surface area contributed by atoms with E-state index in [4.69, 9.17) is 5.11 Å². The molecular formula is C12H18N2O3. The highest BCUT2D eigenvalue weighted by Gasteiger charge is 2.50. The van der Waals surface area contributed by atoms with Crippen molar-refractivity contribution in [3.05, 3.63) is 0 Å². The number of hydrogen-bond acceptors (Lipinski definition) is 3. The number of hydrogen-bond donors (Lipinski definition) is 1. The second-order valence-corrected chi connectivity index (χ2v) is 5.38. The van der Waals surface area contributed by atoms with Gasteiger partial charge in [-0.2, -0.15) is 0 Å². The topological polar surface area (TPSA) is 60.9 Å². The van der Waals surface area contributed by atoms with Gasteiger partial charge >= 0.3 is 5.97 Å². The molecule has 0 aromatic carbocycles. The van der Waals surface area contributed by atoms with Gasteiger partial charge in [-0.15, -0.1) is 0 Å². The molecule has 1 saturated heterocycles. The predicted molar refractivity (Wildman–Crippen MR) is 60.4 cm³/mol. The summed E-state index contributed by atoms with van der Waals surface area (Å²) in [6, 6.07) is 0.764. The van der Waals surface area contributed by atoms with Gasteiger partial charge in [-0.25, -0.2) is 0 Å². The smallest absolute Gasteiger partial charge is 0.307 e. The molecule has 2 atom stereocenters. The lowest BCUT2D eigenvalue weighted by atomic mass is 10.2. The fraction of sp³-hybridized carbons (Fsp3) is 0.833. The minimum Gasteiger partial charge on any atom is -0.481 e. The van der Waals surface area contributed by atoms with Gasteiger partial charge < -0.3 is 10.0 Å². The summed E-state index contributed by atoms with van der Waals surface area (Å²) in [7, 11) is 0. The van der Waals surface area contributed by atoms with Crippen LogP contribution in [0.1, 0.15) is 19.3 Å². The van der Waals surface area contributed by atoms with E-state index in [1.54, 1.807) is 0 Å². The van der Waals surface area contributed by atoms with Crippen molar-refractivity contribution in [1.82, 2.24) is 9.80 Å². The molecule has 3 rings (SSSR count). The second kappa shape index (κ2) is 3.98. The fourth-order valence-corrected chi connectivity index (χ4v) is 2.72. The van der Waals surface area contributed by atoms with Crippen molar-refractivity contribution in [2.45, 2.75) is 25.3 Å². The summed E-state index contributed by atoms with van der Waals surface area (Å²) in [6.45, 7) is 3.47. The SMILES string of the molecule is O=C(O)C1CC1C(=O)N1CCN(C2CC2)CC1. The lowest BCUT2D eigenvalue weighted by Gasteiger charge is -2.35. The van der Waals surface area contributed by atoms with Crippen molar-refractivity contribution in [1.29, 1.82) is 0 Å². The maximum Gasteiger partial charge on any atom is 0.307 e. The molecule has 2 unspecified atom stereocenters. The van der Waals surface area contributed by atoms with Crippen LogP contribution in [0, 0.1) is 11.8 Å². The zero-order valence-corrected chi connectivity index (χ0v) is 9.84. The summed E-state index contributed by atoms with van der Waals surface area (Å²) in [4.78, 5) is 27.0. The lowest BCUT2D eigenvalue weighted by molar-refractivity contribution is -0.142. The summed E-state index contributed by atoms with van der Waals surface area (Å²) in [6.07, 6.45) is 3.15. The molecule has 2 aliphatic carbocycles. The molecule has 3 aliphatic rings. The molecule has 0 bridgehead atoms. The fourth-order valence-electron chi connectivity index (χ4n) is 2.72. The van der Waals surface area contributed by atoms with E-state index in [0.717, 1.165) is 32.2 Å². The molecule has 0 aromatic heterocycles. The average Bonchev–Trinajstić information content (AvgIpc) is 3.17. The van der Waals surface area contributed by atoms with Crippen molar-refractivity contribution in [3.63, 3.8) is 0 Å². The van der Waals surface area contributed by atoms with Crippen LogP contribution in [-0.4, -0.2) is 59.0 Å². The van der Waals surface area contributed by atoms with Crippen LogP contribution in [0.25, 0.3) is 0 Å². The van der Waals surface area contributed by atoms with Gasteiger partial charge in [0.1, 0.15) is 0 Å². The first-order valence-electron chi connectivity index (χ1n) is 6.42. The highest BCUT2D eigenvalue weighted by atomic mass is 16.4. The highest BCUT2D eigenvalue weighted by Crippen LogP contribution is 2.40. The Hall–Kier alpha value is -1.10. The van der Waals surface area contributed by atoms with Crippen molar-refractivity contribution in [2.75, 3.05) is 26.2 Å². The molecule has 1 heterocycles. The quantitative estimate of drug-likeness (QED) is 0.752. The average molecular weight is 238 g/mol. The number of aliphatic carboxylic acids is 1. The predicted octanol–water partition coefficient (Wildman–Crippen LogP) is 0.0137. The van der Waals surface area contributed by atoms with Gasteiger partial charge in [0.05, 0.1) is 11.8 Å². The maximum absolute atomic E-state index is 12.0. The summed E-state index contributed by atoms with van der Waals surface area (Å²) >= 11 is 0. The van der Waals surface area contributed by atoms with Gasteiger partial charge in [0.25, 0.3) is 0 Å². The number of carboxylic acid groups (broad SMARTS) is 1. The van der Waals surface area contributed by atoms with Crippen LogP contribution in [-0.2, 0) is 9.59 Å². The van der Waals surface area contributed by atoms with E-state index >= 15 is 0 Å². The zero-order valence-electron chi connectivity index (χ0n) is 9.84. The number of carbonyl (C=O) groups is 2. The standard InChI is InChI=1S/C12H18N2O3/c15-11(9-7-10(9)12(16)17)14-5-3-13(4-6-14)8-1-2-8/h8-10H,1-7H2,(H,16,17). The van der Waals surface area contributed by atoms with Crippen molar-refractivity contribution in [3.8, 4) is 0 Å². The van der Waals surface area contributed by atoms with Crippen LogP contribution >= 0.6 is 0 Å². The first-order valence-corrected chi connectivity index (χ1v) is 6.42. The first kappa shape index (κ1) is 11.0. The molecule has 3 fully saturated rings. The lowest BCUT2D eigenvalue weighted by Crippen LogP contribution is -2.50. The van der Waals surface area contributed by atoms with E-state index in [2.05, 4.69) is 4.90 Å². The van der Waals surface area contributed by atoms with E-state index in [9.17, 15) is 9.59 Å². The Morgan fingerprint density at radius 2 is 1.65 bits per heavy atom. The van der Waals surface area contributed by atoms with Crippen LogP contribution in [0.3, 0.4) is 0 Å². The van der Waals surface area contributed by atoms with Crippen LogP contribution < -0.4 is 0 Å². The number of carbonyl (C=O) groups excluding carboxylic acids is 1. The van der Waals surface area contributed by atoms with Crippen molar-refractivity contribution in [2.24, 2.45) is 11.8 Å². The third-order valence-corrected chi connectivity index (χ3v) is 4.11. The Bertz CT molecular complexity index is 346. The Morgan fingerprint density at radius 3 is 2.12 bits per heavy atom. The third kappa shape index (κ3) is 2.16. The molecule has 1 aliphatic heterocycles. The summed E-state index contributed by atoms with van der Waals surface area (Å²) < 4.78 is 0. The van der Waals surface area contributed by atoms with Crippen molar-refractivity contribution < 1.29 is 14.7 Å². The largest absolute Gasteiger partial charge is 0.481 e. The number of piperazine rings is 1. The number of amides is 1. The highest BCUT2D eigenvalue weighted by molar-refractivity contribution is 5.89. The van der Waals surface area contributed by atoms with Crippen LogP contribution in [0.2, 0.25) is 0 Å². The third-order valence-electron chi connectivity index (χ3n) is 4.11. The Kier molecular flexibility index (Phi) is 2.58. The summed E-state index contributed by atoms with van der Waals surface area (Å²) in [5.41, 5.74) is 0. The second-order valence-electron chi connectivity index (χ2n) is 5.38. The molecule has 94 valence electrons. The first-order chi connectivity index (χ1) is 8.16. The normalized spacial score (nSPS) is 33.5. The summed E-state index contributed by atoms with van der Waals surface area (Å²) in [5.74, 6) is -1.41. The number of nitrogens with zero attached hydrogens (tertiary/aromatic N) is 2. The minimum absolute atomic E-state index is 0.0628. The molecule has 17 heavy (non-hydrogen) atoms. The van der Waals surface area contributed by atoms with Gasteiger partial charge in [0, 0.05) is 32.2 Å². The van der Waals surface area contributed by atoms with Gasteiger partial charge in [-0.1, -0.05) is 0 Å². The zero-order chi connectivity index (χ0) is 12.0. The molecule has 1 N–H and O–H groups in total. The summed E-state index contributed by atoms with van der Waals surface area (Å²) in [5, 5.41) is 8.82. The molecule has 0 spiro atoms. The minimum atomic E-state index is -0.819. The van der Waals surface area contributed by atoms with Crippen molar-refractivity contribution >= 4 is 11.9 Å². The van der Waals surface area contributed by atoms with Crippen LogP contribution in [0.4, 0.5) is 0 Å². The molecule has 5 nitrogen and oxygen atoms in total. The molecular weight excluding hydrogens is 220 g/mol. The molecule has 2 saturated carbocycles. The van der Waals surface area contributed by atoms with E-state index in [1.165, 1.54) is 12.8 Å². The van der Waals surface area contributed by atoms with Gasteiger partial charge in [-0.05, 0) is 19.3 Å². The van der Waals surface area contributed by atoms with Crippen LogP contribution in [0.15, 0.2) is 0 Å². The Labute approximate surface area is 100 Å². The Balaban J connectivity index is 1.49. The van der Waals surface area contributed by atoms with E-state index in [-0.39, 0.29) is 11.8 Å². The monoisotopic (exact) mass is 238 g/mol. The van der Waals surface area contributed by atoms with E-state index < -0.39 is 11.9 Å².